The molecule has 0 bridgehead atoms. The molecule has 0 fully saturated rings. The Morgan fingerprint density at radius 2 is 2.22 bits per heavy atom. The van der Waals surface area contributed by atoms with Crippen LogP contribution in [0.4, 0.5) is 0 Å². The van der Waals surface area contributed by atoms with Crippen molar-refractivity contribution in [2.45, 2.75) is 44.8 Å². The number of aliphatic hydroxyl groups excluding tert-OH is 1. The van der Waals surface area contributed by atoms with Gasteiger partial charge < -0.3 is 20.5 Å². The van der Waals surface area contributed by atoms with Crippen LogP contribution in [0.2, 0.25) is 0 Å². The second-order valence-electron chi connectivity index (χ2n) is 4.40. The van der Waals surface area contributed by atoms with Gasteiger partial charge in [-0.2, -0.15) is 0 Å². The fraction of sp³-hybridized carbons (Fsp3) is 0.615. The maximum absolute atomic E-state index is 11.3. The first-order chi connectivity index (χ1) is 8.61. The number of nitrogens with zero attached hydrogens (tertiary/aromatic N) is 1. The van der Waals surface area contributed by atoms with E-state index in [1.807, 2.05) is 6.92 Å². The summed E-state index contributed by atoms with van der Waals surface area (Å²) in [5.41, 5.74) is 6.08. The third-order valence-electron chi connectivity index (χ3n) is 3.09. The topological polar surface area (TPSA) is 88.5 Å². The van der Waals surface area contributed by atoms with Gasteiger partial charge in [0.25, 0.3) is 0 Å². The standard InChI is InChI=1S/C13H22N2O3/c1-2-12(16)10-7-5-9-15(10)11(13(17)18)6-3-4-8-14/h5,7,9,11-12,16H,2-4,6,8,14H2,1H3,(H,17,18). The van der Waals surface area contributed by atoms with Crippen LogP contribution in [0.25, 0.3) is 0 Å². The Morgan fingerprint density at radius 1 is 1.50 bits per heavy atom. The van der Waals surface area contributed by atoms with Crippen molar-refractivity contribution < 1.29 is 15.0 Å². The van der Waals surface area contributed by atoms with Crippen LogP contribution in [0.1, 0.15) is 50.4 Å². The van der Waals surface area contributed by atoms with Gasteiger partial charge in [-0.25, -0.2) is 4.79 Å². The van der Waals surface area contributed by atoms with Gasteiger partial charge in [-0.15, -0.1) is 0 Å². The van der Waals surface area contributed by atoms with E-state index < -0.39 is 18.1 Å². The molecule has 0 saturated heterocycles. The average Bonchev–Trinajstić information content (AvgIpc) is 2.82. The molecule has 1 aromatic heterocycles. The zero-order valence-electron chi connectivity index (χ0n) is 10.7. The fourth-order valence-electron chi connectivity index (χ4n) is 2.05. The highest BCUT2D eigenvalue weighted by Crippen LogP contribution is 2.24. The van der Waals surface area contributed by atoms with Crippen molar-refractivity contribution in [3.05, 3.63) is 24.0 Å². The normalized spacial score (nSPS) is 14.4. The minimum atomic E-state index is -0.868. The predicted octanol–water partition coefficient (Wildman–Crippen LogP) is 1.69. The van der Waals surface area contributed by atoms with Crippen molar-refractivity contribution in [1.29, 1.82) is 0 Å². The summed E-state index contributed by atoms with van der Waals surface area (Å²) in [5.74, 6) is -0.868. The van der Waals surface area contributed by atoms with E-state index in [0.29, 0.717) is 25.1 Å². The number of aliphatic carboxylic acids is 1. The Kier molecular flexibility index (Phi) is 5.88. The highest BCUT2D eigenvalue weighted by molar-refractivity contribution is 5.72. The molecule has 5 nitrogen and oxygen atoms in total. The summed E-state index contributed by atoms with van der Waals surface area (Å²) in [4.78, 5) is 11.3. The number of aliphatic hydroxyl groups is 1. The average molecular weight is 254 g/mol. The number of hydrogen-bond donors (Lipinski definition) is 3. The summed E-state index contributed by atoms with van der Waals surface area (Å²) in [6, 6.07) is 2.92. The molecule has 0 radical (unpaired) electrons. The number of carboxylic acid groups (broad SMARTS) is 1. The zero-order valence-corrected chi connectivity index (χ0v) is 10.7. The van der Waals surface area contributed by atoms with Gasteiger partial charge in [-0.05, 0) is 44.4 Å². The Balaban J connectivity index is 2.85. The third kappa shape index (κ3) is 3.58. The van der Waals surface area contributed by atoms with Crippen molar-refractivity contribution in [1.82, 2.24) is 4.57 Å². The molecule has 2 unspecified atom stereocenters. The molecular weight excluding hydrogens is 232 g/mol. The number of carboxylic acids is 1. The van der Waals surface area contributed by atoms with Crippen molar-refractivity contribution in [2.75, 3.05) is 6.54 Å². The molecular formula is C13H22N2O3. The van der Waals surface area contributed by atoms with Gasteiger partial charge in [-0.3, -0.25) is 0 Å². The molecule has 1 aromatic rings. The maximum atomic E-state index is 11.3. The van der Waals surface area contributed by atoms with E-state index in [0.717, 1.165) is 12.8 Å². The second-order valence-corrected chi connectivity index (χ2v) is 4.40. The molecule has 2 atom stereocenters. The van der Waals surface area contributed by atoms with Crippen LogP contribution in [0.15, 0.2) is 18.3 Å². The zero-order chi connectivity index (χ0) is 13.5. The van der Waals surface area contributed by atoms with Gasteiger partial charge >= 0.3 is 5.97 Å². The lowest BCUT2D eigenvalue weighted by Gasteiger charge is -2.20. The van der Waals surface area contributed by atoms with Crippen LogP contribution in [-0.4, -0.2) is 27.3 Å². The minimum Gasteiger partial charge on any atom is -0.480 e. The molecule has 4 N–H and O–H groups in total. The highest BCUT2D eigenvalue weighted by Gasteiger charge is 2.22. The van der Waals surface area contributed by atoms with Crippen LogP contribution in [0, 0.1) is 0 Å². The molecule has 0 amide bonds. The van der Waals surface area contributed by atoms with Crippen molar-refractivity contribution in [3.63, 3.8) is 0 Å². The number of rotatable bonds is 8. The number of unbranched alkanes of at least 4 members (excludes halogenated alkanes) is 1. The van der Waals surface area contributed by atoms with Crippen LogP contribution in [0.3, 0.4) is 0 Å². The van der Waals surface area contributed by atoms with Crippen molar-refractivity contribution in [2.24, 2.45) is 5.73 Å². The molecule has 0 aromatic carbocycles. The summed E-state index contributed by atoms with van der Waals surface area (Å²) in [5, 5.41) is 19.2. The lowest BCUT2D eigenvalue weighted by Crippen LogP contribution is -2.21. The second kappa shape index (κ2) is 7.18. The monoisotopic (exact) mass is 254 g/mol. The van der Waals surface area contributed by atoms with Gasteiger partial charge in [0.15, 0.2) is 0 Å². The van der Waals surface area contributed by atoms with E-state index in [1.54, 1.807) is 22.9 Å². The van der Waals surface area contributed by atoms with Gasteiger partial charge in [0.2, 0.25) is 0 Å². The summed E-state index contributed by atoms with van der Waals surface area (Å²) in [6.45, 7) is 2.44. The van der Waals surface area contributed by atoms with E-state index in [9.17, 15) is 15.0 Å². The molecule has 18 heavy (non-hydrogen) atoms. The lowest BCUT2D eigenvalue weighted by atomic mass is 10.1. The highest BCUT2D eigenvalue weighted by atomic mass is 16.4. The third-order valence-corrected chi connectivity index (χ3v) is 3.09. The summed E-state index contributed by atoms with van der Waals surface area (Å²) < 4.78 is 1.66. The molecule has 0 aliphatic rings. The van der Waals surface area contributed by atoms with Crippen LogP contribution >= 0.6 is 0 Å². The fourth-order valence-corrected chi connectivity index (χ4v) is 2.05. The summed E-state index contributed by atoms with van der Waals surface area (Å²) in [7, 11) is 0. The first-order valence-corrected chi connectivity index (χ1v) is 6.39. The van der Waals surface area contributed by atoms with E-state index in [1.165, 1.54) is 0 Å². The van der Waals surface area contributed by atoms with Gasteiger partial charge in [0.05, 0.1) is 6.10 Å². The predicted molar refractivity (Wildman–Crippen MR) is 69.3 cm³/mol. The SMILES string of the molecule is CCC(O)c1cccn1C(CCCCN)C(=O)O. The maximum Gasteiger partial charge on any atom is 0.326 e. The van der Waals surface area contributed by atoms with Crippen molar-refractivity contribution in [3.8, 4) is 0 Å². The largest absolute Gasteiger partial charge is 0.480 e. The summed E-state index contributed by atoms with van der Waals surface area (Å²) in [6.07, 6.45) is 3.79. The molecule has 1 rings (SSSR count). The Bertz CT molecular complexity index is 376. The molecule has 1 heterocycles. The van der Waals surface area contributed by atoms with Gasteiger partial charge in [0, 0.05) is 11.9 Å². The molecule has 0 spiro atoms. The lowest BCUT2D eigenvalue weighted by molar-refractivity contribution is -0.141. The molecule has 102 valence electrons. The van der Waals surface area contributed by atoms with Gasteiger partial charge in [0.1, 0.15) is 6.04 Å². The van der Waals surface area contributed by atoms with Crippen LogP contribution < -0.4 is 5.73 Å². The molecule has 0 aliphatic heterocycles. The van der Waals surface area contributed by atoms with E-state index in [4.69, 9.17) is 5.73 Å². The van der Waals surface area contributed by atoms with Gasteiger partial charge in [-0.1, -0.05) is 6.92 Å². The number of carbonyl (C=O) groups is 1. The van der Waals surface area contributed by atoms with E-state index >= 15 is 0 Å². The van der Waals surface area contributed by atoms with Crippen LogP contribution in [0.5, 0.6) is 0 Å². The first-order valence-electron chi connectivity index (χ1n) is 6.39. The van der Waals surface area contributed by atoms with E-state index in [2.05, 4.69) is 0 Å². The Hall–Kier alpha value is -1.33. The number of nitrogens with two attached hydrogens (primary N) is 1. The molecule has 0 saturated carbocycles. The smallest absolute Gasteiger partial charge is 0.326 e. The Labute approximate surface area is 107 Å². The Morgan fingerprint density at radius 3 is 2.78 bits per heavy atom. The van der Waals surface area contributed by atoms with Crippen LogP contribution in [-0.2, 0) is 4.79 Å². The van der Waals surface area contributed by atoms with Crippen molar-refractivity contribution >= 4 is 5.97 Å². The quantitative estimate of drug-likeness (QED) is 0.616. The first kappa shape index (κ1) is 14.7. The molecule has 5 heteroatoms. The number of aromatic nitrogens is 1. The molecule has 0 aliphatic carbocycles. The summed E-state index contributed by atoms with van der Waals surface area (Å²) >= 11 is 0. The van der Waals surface area contributed by atoms with E-state index in [-0.39, 0.29) is 0 Å². The minimum absolute atomic E-state index is 0.532. The number of hydrogen-bond acceptors (Lipinski definition) is 3.